The standard InChI is InChI=1S/C20H25NO4/c1-19(2,10-22)25-15-6-3-11-9-13-12-4-5-14(23)18-20(12,7-8-21-13)16(11)17(15)24-18/h3-6,12-14,18,21-23H,7-10H2,1-2H3/t12?,13-,14+,18+,20+/m1/s1. The first kappa shape index (κ1) is 15.7. The van der Waals surface area contributed by atoms with E-state index in [1.165, 1.54) is 11.1 Å². The zero-order valence-electron chi connectivity index (χ0n) is 14.7. The Labute approximate surface area is 147 Å². The van der Waals surface area contributed by atoms with Gasteiger partial charge in [0.25, 0.3) is 0 Å². The van der Waals surface area contributed by atoms with Crippen molar-refractivity contribution in [3.63, 3.8) is 0 Å². The first-order valence-corrected chi connectivity index (χ1v) is 9.19. The minimum absolute atomic E-state index is 0.0725. The lowest BCUT2D eigenvalue weighted by molar-refractivity contribution is -0.0195. The highest BCUT2D eigenvalue weighted by atomic mass is 16.6. The minimum atomic E-state index is -0.679. The van der Waals surface area contributed by atoms with Crippen molar-refractivity contribution in [1.29, 1.82) is 0 Å². The van der Waals surface area contributed by atoms with Crippen LogP contribution in [0.5, 0.6) is 11.5 Å². The van der Waals surface area contributed by atoms with Gasteiger partial charge in [0.15, 0.2) is 11.5 Å². The smallest absolute Gasteiger partial charge is 0.166 e. The van der Waals surface area contributed by atoms with Crippen molar-refractivity contribution < 1.29 is 19.7 Å². The average molecular weight is 343 g/mol. The van der Waals surface area contributed by atoms with E-state index in [1.807, 2.05) is 26.0 Å². The zero-order chi connectivity index (χ0) is 17.4. The molecule has 2 heterocycles. The number of benzene rings is 1. The number of hydrogen-bond acceptors (Lipinski definition) is 5. The summed E-state index contributed by atoms with van der Waals surface area (Å²) >= 11 is 0. The second kappa shape index (κ2) is 5.00. The van der Waals surface area contributed by atoms with Crippen molar-refractivity contribution >= 4 is 0 Å². The van der Waals surface area contributed by atoms with Crippen molar-refractivity contribution in [3.05, 3.63) is 35.4 Å². The molecule has 0 amide bonds. The molecule has 2 bridgehead atoms. The van der Waals surface area contributed by atoms with Crippen LogP contribution in [0.3, 0.4) is 0 Å². The van der Waals surface area contributed by atoms with E-state index >= 15 is 0 Å². The monoisotopic (exact) mass is 343 g/mol. The van der Waals surface area contributed by atoms with Crippen molar-refractivity contribution in [2.24, 2.45) is 5.92 Å². The van der Waals surface area contributed by atoms with Crippen LogP contribution in [0.1, 0.15) is 31.4 Å². The number of aliphatic hydroxyl groups excluding tert-OH is 2. The predicted molar refractivity (Wildman–Crippen MR) is 93.1 cm³/mol. The summed E-state index contributed by atoms with van der Waals surface area (Å²) in [5.74, 6) is 1.78. The maximum atomic E-state index is 10.6. The van der Waals surface area contributed by atoms with Crippen LogP contribution in [0.25, 0.3) is 0 Å². The lowest BCUT2D eigenvalue weighted by Gasteiger charge is -2.53. The van der Waals surface area contributed by atoms with Crippen molar-refractivity contribution in [2.75, 3.05) is 13.2 Å². The third-order valence-electron chi connectivity index (χ3n) is 6.43. The van der Waals surface area contributed by atoms with Crippen LogP contribution in [0.4, 0.5) is 0 Å². The van der Waals surface area contributed by atoms with Crippen LogP contribution in [0, 0.1) is 5.92 Å². The minimum Gasteiger partial charge on any atom is -0.482 e. The van der Waals surface area contributed by atoms with Crippen molar-refractivity contribution in [1.82, 2.24) is 5.32 Å². The van der Waals surface area contributed by atoms with Crippen molar-refractivity contribution in [2.45, 2.75) is 56.0 Å². The van der Waals surface area contributed by atoms with Gasteiger partial charge in [-0.15, -0.1) is 0 Å². The number of nitrogens with one attached hydrogen (secondary N) is 1. The highest BCUT2D eigenvalue weighted by Crippen LogP contribution is 2.61. The molecule has 3 N–H and O–H groups in total. The summed E-state index contributed by atoms with van der Waals surface area (Å²) in [6, 6.07) is 4.48. The maximum Gasteiger partial charge on any atom is 0.166 e. The van der Waals surface area contributed by atoms with E-state index in [1.54, 1.807) is 0 Å². The van der Waals surface area contributed by atoms with Crippen LogP contribution >= 0.6 is 0 Å². The molecule has 0 radical (unpaired) electrons. The topological polar surface area (TPSA) is 71.0 Å². The fourth-order valence-electron chi connectivity index (χ4n) is 5.38. The summed E-state index contributed by atoms with van der Waals surface area (Å²) in [5.41, 5.74) is 1.68. The lowest BCUT2D eigenvalue weighted by Crippen LogP contribution is -2.64. The Kier molecular flexibility index (Phi) is 3.13. The second-order valence-corrected chi connectivity index (χ2v) is 8.44. The molecule has 2 aliphatic carbocycles. The van der Waals surface area contributed by atoms with Crippen LogP contribution in [0.15, 0.2) is 24.3 Å². The highest BCUT2D eigenvalue weighted by molar-refractivity contribution is 5.62. The number of hydrogen-bond donors (Lipinski definition) is 3. The molecular formula is C20H25NO4. The third-order valence-corrected chi connectivity index (χ3v) is 6.43. The van der Waals surface area contributed by atoms with E-state index in [4.69, 9.17) is 9.47 Å². The van der Waals surface area contributed by atoms with Gasteiger partial charge < -0.3 is 25.0 Å². The molecule has 5 rings (SSSR count). The van der Waals surface area contributed by atoms with E-state index in [2.05, 4.69) is 17.5 Å². The third kappa shape index (κ3) is 1.94. The van der Waals surface area contributed by atoms with E-state index < -0.39 is 11.7 Å². The molecular weight excluding hydrogens is 318 g/mol. The molecule has 134 valence electrons. The predicted octanol–water partition coefficient (Wildman–Crippen LogP) is 1.30. The Balaban J connectivity index is 1.70. The first-order chi connectivity index (χ1) is 12.0. The fraction of sp³-hybridized carbons (Fsp3) is 0.600. The molecule has 1 spiro atoms. The van der Waals surface area contributed by atoms with Crippen LogP contribution in [0.2, 0.25) is 0 Å². The Bertz CT molecular complexity index is 758. The summed E-state index contributed by atoms with van der Waals surface area (Å²) < 4.78 is 12.5. The van der Waals surface area contributed by atoms with Gasteiger partial charge in [-0.25, -0.2) is 0 Å². The number of rotatable bonds is 3. The van der Waals surface area contributed by atoms with E-state index in [9.17, 15) is 10.2 Å². The number of piperidine rings is 1. The van der Waals surface area contributed by atoms with E-state index in [0.717, 1.165) is 25.1 Å². The fourth-order valence-corrected chi connectivity index (χ4v) is 5.38. The Morgan fingerprint density at radius 2 is 2.20 bits per heavy atom. The summed E-state index contributed by atoms with van der Waals surface area (Å²) in [5, 5.41) is 23.9. The van der Waals surface area contributed by atoms with Gasteiger partial charge in [0, 0.05) is 22.9 Å². The molecule has 0 aromatic heterocycles. The second-order valence-electron chi connectivity index (χ2n) is 8.44. The van der Waals surface area contributed by atoms with Crippen molar-refractivity contribution in [3.8, 4) is 11.5 Å². The van der Waals surface area contributed by atoms with Gasteiger partial charge in [-0.1, -0.05) is 18.2 Å². The Morgan fingerprint density at radius 1 is 1.36 bits per heavy atom. The SMILES string of the molecule is CC(C)(CO)Oc1ccc2c3c1O[C@H]1[C@@H](O)C=CC4[C@@H](C2)NCC[C@@]341. The summed E-state index contributed by atoms with van der Waals surface area (Å²) in [6.45, 7) is 4.59. The highest BCUT2D eigenvalue weighted by Gasteiger charge is 2.63. The molecule has 5 nitrogen and oxygen atoms in total. The molecule has 2 aliphatic heterocycles. The van der Waals surface area contributed by atoms with E-state index in [0.29, 0.717) is 17.7 Å². The van der Waals surface area contributed by atoms with Crippen LogP contribution in [-0.2, 0) is 11.8 Å². The van der Waals surface area contributed by atoms with Gasteiger partial charge in [0.05, 0.1) is 6.61 Å². The van der Waals surface area contributed by atoms with Gasteiger partial charge in [-0.05, 0) is 44.9 Å². The van der Waals surface area contributed by atoms with Gasteiger partial charge in [0.2, 0.25) is 0 Å². The summed E-state index contributed by atoms with van der Waals surface area (Å²) in [7, 11) is 0. The lowest BCUT2D eigenvalue weighted by atomic mass is 9.54. The quantitative estimate of drug-likeness (QED) is 0.722. The average Bonchev–Trinajstić information content (AvgIpc) is 2.92. The normalized spacial score (nSPS) is 37.4. The summed E-state index contributed by atoms with van der Waals surface area (Å²) in [4.78, 5) is 0. The molecule has 0 saturated carbocycles. The molecule has 5 atom stereocenters. The Morgan fingerprint density at radius 3 is 3.00 bits per heavy atom. The molecule has 1 saturated heterocycles. The molecule has 1 aromatic carbocycles. The molecule has 1 fully saturated rings. The maximum absolute atomic E-state index is 10.6. The van der Waals surface area contributed by atoms with Crippen LogP contribution < -0.4 is 14.8 Å². The number of aliphatic hydroxyl groups is 2. The van der Waals surface area contributed by atoms with Gasteiger partial charge in [-0.2, -0.15) is 0 Å². The molecule has 5 heteroatoms. The first-order valence-electron chi connectivity index (χ1n) is 9.19. The van der Waals surface area contributed by atoms with Gasteiger partial charge in [0.1, 0.15) is 17.8 Å². The molecule has 4 aliphatic rings. The summed E-state index contributed by atoms with van der Waals surface area (Å²) in [6.07, 6.45) is 5.13. The van der Waals surface area contributed by atoms with E-state index in [-0.39, 0.29) is 18.1 Å². The van der Waals surface area contributed by atoms with Crippen LogP contribution in [-0.4, -0.2) is 47.2 Å². The zero-order valence-corrected chi connectivity index (χ0v) is 14.7. The number of ether oxygens (including phenoxy) is 2. The Hall–Kier alpha value is -1.56. The largest absolute Gasteiger partial charge is 0.482 e. The van der Waals surface area contributed by atoms with Gasteiger partial charge >= 0.3 is 0 Å². The molecule has 1 unspecified atom stereocenters. The van der Waals surface area contributed by atoms with Gasteiger partial charge in [-0.3, -0.25) is 0 Å². The molecule has 25 heavy (non-hydrogen) atoms. The molecule has 1 aromatic rings.